The molecule has 0 atom stereocenters. The molecule has 4 nitrogen and oxygen atoms in total. The summed E-state index contributed by atoms with van der Waals surface area (Å²) in [5.41, 5.74) is 6.87. The number of aryl methyl sites for hydroxylation is 2. The van der Waals surface area contributed by atoms with E-state index in [1.807, 2.05) is 0 Å². The van der Waals surface area contributed by atoms with E-state index in [0.29, 0.717) is 5.89 Å². The molecule has 0 spiro atoms. The molecule has 0 aliphatic heterocycles. The molecule has 0 bridgehead atoms. The summed E-state index contributed by atoms with van der Waals surface area (Å²) in [5, 5.41) is 3.60. The minimum Gasteiger partial charge on any atom is -0.365 e. The molecule has 1 aliphatic carbocycles. The van der Waals surface area contributed by atoms with Gasteiger partial charge in [0.05, 0.1) is 4.88 Å². The zero-order chi connectivity index (χ0) is 10.3. The summed E-state index contributed by atoms with van der Waals surface area (Å²) >= 11 is 1.75. The van der Waals surface area contributed by atoms with Crippen LogP contribution in [-0.4, -0.2) is 10.1 Å². The maximum absolute atomic E-state index is 5.43. The van der Waals surface area contributed by atoms with Crippen LogP contribution in [-0.2, 0) is 12.8 Å². The molecule has 0 aromatic carbocycles. The average Bonchev–Trinajstić information content (AvgIpc) is 2.82. The summed E-state index contributed by atoms with van der Waals surface area (Å²) in [6.45, 7) is 0. The molecule has 2 aromatic rings. The summed E-state index contributed by atoms with van der Waals surface area (Å²) in [4.78, 5) is 6.55. The number of hydrogen-bond acceptors (Lipinski definition) is 5. The van der Waals surface area contributed by atoms with Gasteiger partial charge in [0.2, 0.25) is 0 Å². The number of anilines is 1. The Balaban J connectivity index is 2.02. The normalized spacial score (nSPS) is 15.2. The topological polar surface area (TPSA) is 64.9 Å². The maximum Gasteiger partial charge on any atom is 0.269 e. The first-order valence-corrected chi connectivity index (χ1v) is 5.86. The van der Waals surface area contributed by atoms with Crippen molar-refractivity contribution in [2.75, 3.05) is 5.73 Å². The van der Waals surface area contributed by atoms with Gasteiger partial charge in [-0.25, -0.2) is 0 Å². The van der Waals surface area contributed by atoms with Crippen molar-refractivity contribution in [3.8, 4) is 10.8 Å². The van der Waals surface area contributed by atoms with Crippen LogP contribution in [0.3, 0.4) is 0 Å². The molecule has 5 heteroatoms. The van der Waals surface area contributed by atoms with E-state index in [4.69, 9.17) is 10.3 Å². The zero-order valence-electron chi connectivity index (χ0n) is 8.19. The third-order valence-electron chi connectivity index (χ3n) is 2.65. The highest BCUT2D eigenvalue weighted by atomic mass is 32.1. The van der Waals surface area contributed by atoms with Gasteiger partial charge in [-0.15, -0.1) is 11.3 Å². The number of hydrogen-bond donors (Lipinski definition) is 1. The van der Waals surface area contributed by atoms with Crippen LogP contribution in [0.4, 0.5) is 5.95 Å². The predicted molar refractivity (Wildman–Crippen MR) is 58.7 cm³/mol. The third kappa shape index (κ3) is 1.52. The second-order valence-corrected chi connectivity index (χ2v) is 4.86. The summed E-state index contributed by atoms with van der Waals surface area (Å²) in [6.07, 6.45) is 4.94. The lowest BCUT2D eigenvalue weighted by Crippen LogP contribution is -1.96. The van der Waals surface area contributed by atoms with Crippen molar-refractivity contribution in [2.45, 2.75) is 25.7 Å². The van der Waals surface area contributed by atoms with Crippen molar-refractivity contribution in [3.63, 3.8) is 0 Å². The SMILES string of the molecule is Nc1noc(-c2cc3c(s2)CCCC3)n1. The molecular weight excluding hydrogens is 210 g/mol. The minimum absolute atomic E-state index is 0.205. The monoisotopic (exact) mass is 221 g/mol. The summed E-state index contributed by atoms with van der Waals surface area (Å²) in [5.74, 6) is 0.753. The van der Waals surface area contributed by atoms with Crippen molar-refractivity contribution in [3.05, 3.63) is 16.5 Å². The van der Waals surface area contributed by atoms with Crippen LogP contribution in [0.15, 0.2) is 10.6 Å². The molecule has 0 saturated carbocycles. The largest absolute Gasteiger partial charge is 0.365 e. The Morgan fingerprint density at radius 3 is 2.93 bits per heavy atom. The molecular formula is C10H11N3OS. The van der Waals surface area contributed by atoms with Gasteiger partial charge < -0.3 is 10.3 Å². The standard InChI is InChI=1S/C10H11N3OS/c11-10-12-9(14-13-10)8-5-6-3-1-2-4-7(6)15-8/h5H,1-4H2,(H2,11,13). The van der Waals surface area contributed by atoms with Crippen molar-refractivity contribution < 1.29 is 4.52 Å². The van der Waals surface area contributed by atoms with Crippen LogP contribution < -0.4 is 5.73 Å². The smallest absolute Gasteiger partial charge is 0.269 e. The Labute approximate surface area is 91.1 Å². The predicted octanol–water partition coefficient (Wildman–Crippen LogP) is 2.26. The van der Waals surface area contributed by atoms with E-state index < -0.39 is 0 Å². The van der Waals surface area contributed by atoms with Gasteiger partial charge in [0.1, 0.15) is 0 Å². The highest BCUT2D eigenvalue weighted by Gasteiger charge is 2.17. The van der Waals surface area contributed by atoms with E-state index in [9.17, 15) is 0 Å². The highest BCUT2D eigenvalue weighted by Crippen LogP contribution is 2.34. The fourth-order valence-electron chi connectivity index (χ4n) is 1.93. The quantitative estimate of drug-likeness (QED) is 0.802. The van der Waals surface area contributed by atoms with E-state index in [1.165, 1.54) is 36.1 Å². The molecule has 3 rings (SSSR count). The lowest BCUT2D eigenvalue weighted by atomic mass is 9.99. The Morgan fingerprint density at radius 2 is 2.20 bits per heavy atom. The number of rotatable bonds is 1. The molecule has 0 saturated heterocycles. The summed E-state index contributed by atoms with van der Waals surface area (Å²) in [6, 6.07) is 2.16. The Kier molecular flexibility index (Phi) is 1.98. The van der Waals surface area contributed by atoms with Crippen LogP contribution in [0, 0.1) is 0 Å². The van der Waals surface area contributed by atoms with Gasteiger partial charge in [-0.1, -0.05) is 0 Å². The van der Waals surface area contributed by atoms with Crippen LogP contribution in [0.5, 0.6) is 0 Å². The van der Waals surface area contributed by atoms with Gasteiger partial charge in [0, 0.05) is 4.88 Å². The zero-order valence-corrected chi connectivity index (χ0v) is 9.01. The fraction of sp³-hybridized carbons (Fsp3) is 0.400. The maximum atomic E-state index is 5.43. The van der Waals surface area contributed by atoms with E-state index in [-0.39, 0.29) is 5.95 Å². The van der Waals surface area contributed by atoms with E-state index in [2.05, 4.69) is 16.2 Å². The molecule has 15 heavy (non-hydrogen) atoms. The first-order chi connectivity index (χ1) is 7.33. The Bertz CT molecular complexity index is 465. The molecule has 0 unspecified atom stereocenters. The number of fused-ring (bicyclic) bond motifs is 1. The van der Waals surface area contributed by atoms with Crippen LogP contribution in [0.25, 0.3) is 10.8 Å². The average molecular weight is 221 g/mol. The van der Waals surface area contributed by atoms with Gasteiger partial charge in [0.15, 0.2) is 0 Å². The van der Waals surface area contributed by atoms with Crippen LogP contribution in [0.2, 0.25) is 0 Å². The Hall–Kier alpha value is -1.36. The van der Waals surface area contributed by atoms with Gasteiger partial charge in [-0.3, -0.25) is 0 Å². The Morgan fingerprint density at radius 1 is 1.33 bits per heavy atom. The fourth-order valence-corrected chi connectivity index (χ4v) is 3.11. The molecule has 2 heterocycles. The van der Waals surface area contributed by atoms with Crippen molar-refractivity contribution >= 4 is 17.3 Å². The molecule has 2 aromatic heterocycles. The molecule has 2 N–H and O–H groups in total. The lowest BCUT2D eigenvalue weighted by Gasteiger charge is -2.08. The lowest BCUT2D eigenvalue weighted by molar-refractivity contribution is 0.434. The second-order valence-electron chi connectivity index (χ2n) is 3.72. The first-order valence-electron chi connectivity index (χ1n) is 5.04. The number of nitrogens with two attached hydrogens (primary N) is 1. The van der Waals surface area contributed by atoms with Gasteiger partial charge >= 0.3 is 0 Å². The molecule has 78 valence electrons. The van der Waals surface area contributed by atoms with E-state index in [1.54, 1.807) is 11.3 Å². The van der Waals surface area contributed by atoms with Crippen LogP contribution in [0.1, 0.15) is 23.3 Å². The first kappa shape index (κ1) is 8.91. The van der Waals surface area contributed by atoms with Crippen molar-refractivity contribution in [2.24, 2.45) is 0 Å². The number of thiophene rings is 1. The minimum atomic E-state index is 0.205. The number of nitrogen functional groups attached to an aromatic ring is 1. The molecule has 0 radical (unpaired) electrons. The van der Waals surface area contributed by atoms with E-state index in [0.717, 1.165) is 4.88 Å². The molecule has 0 amide bonds. The number of nitrogens with zero attached hydrogens (tertiary/aromatic N) is 2. The molecule has 0 fully saturated rings. The van der Waals surface area contributed by atoms with Gasteiger partial charge in [0.25, 0.3) is 11.8 Å². The van der Waals surface area contributed by atoms with E-state index >= 15 is 0 Å². The summed E-state index contributed by atoms with van der Waals surface area (Å²) < 4.78 is 5.05. The van der Waals surface area contributed by atoms with Crippen LogP contribution >= 0.6 is 11.3 Å². The number of aromatic nitrogens is 2. The van der Waals surface area contributed by atoms with Crippen molar-refractivity contribution in [1.82, 2.24) is 10.1 Å². The highest BCUT2D eigenvalue weighted by molar-refractivity contribution is 7.15. The molecule has 1 aliphatic rings. The van der Waals surface area contributed by atoms with Gasteiger partial charge in [-0.2, -0.15) is 4.98 Å². The third-order valence-corrected chi connectivity index (χ3v) is 3.87. The van der Waals surface area contributed by atoms with Crippen molar-refractivity contribution in [1.29, 1.82) is 0 Å². The second kappa shape index (κ2) is 3.34. The van der Waals surface area contributed by atoms with Gasteiger partial charge in [-0.05, 0) is 42.5 Å². The summed E-state index contributed by atoms with van der Waals surface area (Å²) in [7, 11) is 0.